The number of fused-ring (bicyclic) bond motifs is 1. The van der Waals surface area contributed by atoms with Crippen molar-refractivity contribution in [1.82, 2.24) is 9.88 Å². The first-order valence-electron chi connectivity index (χ1n) is 7.79. The van der Waals surface area contributed by atoms with Crippen molar-refractivity contribution in [3.63, 3.8) is 0 Å². The molecule has 7 heteroatoms. The molecule has 0 atom stereocenters. The summed E-state index contributed by atoms with van der Waals surface area (Å²) in [6.07, 6.45) is 3.90. The van der Waals surface area contributed by atoms with Gasteiger partial charge in [0.2, 0.25) is 0 Å². The Balaban J connectivity index is 1.67. The number of amidine groups is 1. The maximum Gasteiger partial charge on any atom is 0.264 e. The number of benzene rings is 2. The van der Waals surface area contributed by atoms with E-state index in [0.717, 1.165) is 16.5 Å². The van der Waals surface area contributed by atoms with Crippen LogP contribution in [0.4, 0.5) is 5.69 Å². The summed E-state index contributed by atoms with van der Waals surface area (Å²) < 4.78 is 2.04. The quantitative estimate of drug-likeness (QED) is 0.586. The van der Waals surface area contributed by atoms with Crippen LogP contribution in [0.2, 0.25) is 10.0 Å². The van der Waals surface area contributed by atoms with Gasteiger partial charge in [-0.2, -0.15) is 0 Å². The number of aryl methyl sites for hydroxylation is 1. The highest BCUT2D eigenvalue weighted by atomic mass is 35.5. The molecule has 1 N–H and O–H groups in total. The summed E-state index contributed by atoms with van der Waals surface area (Å²) in [6, 6.07) is 13.1. The van der Waals surface area contributed by atoms with Gasteiger partial charge in [-0.15, -0.1) is 0 Å². The molecule has 1 aliphatic heterocycles. The fourth-order valence-corrected chi connectivity index (χ4v) is 4.18. The maximum atomic E-state index is 12.3. The number of hydrogen-bond donors (Lipinski definition) is 1. The number of carbonyl (C=O) groups is 1. The van der Waals surface area contributed by atoms with Crippen LogP contribution in [0.5, 0.6) is 0 Å². The van der Waals surface area contributed by atoms with E-state index in [4.69, 9.17) is 23.2 Å². The largest absolute Gasteiger partial charge is 0.350 e. The molecule has 1 fully saturated rings. The fraction of sp³-hybridized carbons (Fsp3) is 0.0526. The van der Waals surface area contributed by atoms with Crippen LogP contribution in [0.15, 0.2) is 58.6 Å². The van der Waals surface area contributed by atoms with Crippen LogP contribution in [-0.4, -0.2) is 15.6 Å². The van der Waals surface area contributed by atoms with Gasteiger partial charge in [0.15, 0.2) is 5.17 Å². The van der Waals surface area contributed by atoms with Crippen molar-refractivity contribution < 1.29 is 4.79 Å². The lowest BCUT2D eigenvalue weighted by atomic mass is 10.1. The van der Waals surface area contributed by atoms with Gasteiger partial charge in [-0.3, -0.25) is 4.79 Å². The smallest absolute Gasteiger partial charge is 0.264 e. The zero-order chi connectivity index (χ0) is 18.3. The molecule has 1 aromatic heterocycles. The molecule has 1 aliphatic rings. The molecule has 2 aromatic carbocycles. The molecule has 26 heavy (non-hydrogen) atoms. The summed E-state index contributed by atoms with van der Waals surface area (Å²) in [5.41, 5.74) is 2.70. The van der Waals surface area contributed by atoms with Gasteiger partial charge in [-0.05, 0) is 42.1 Å². The minimum absolute atomic E-state index is 0.171. The first-order valence-corrected chi connectivity index (χ1v) is 9.36. The number of hydrogen-bond acceptors (Lipinski definition) is 3. The number of thioether (sulfide) groups is 1. The third kappa shape index (κ3) is 3.38. The Morgan fingerprint density at radius 1 is 1.15 bits per heavy atom. The molecule has 0 saturated carbocycles. The molecular weight excluding hydrogens is 389 g/mol. The van der Waals surface area contributed by atoms with Crippen molar-refractivity contribution in [3.05, 3.63) is 69.2 Å². The van der Waals surface area contributed by atoms with Gasteiger partial charge in [0.1, 0.15) is 0 Å². The third-order valence-electron chi connectivity index (χ3n) is 3.94. The van der Waals surface area contributed by atoms with Crippen molar-refractivity contribution in [2.45, 2.75) is 0 Å². The number of aliphatic imine (C=N–C) groups is 1. The van der Waals surface area contributed by atoms with E-state index in [9.17, 15) is 4.79 Å². The summed E-state index contributed by atoms with van der Waals surface area (Å²) >= 11 is 13.3. The summed E-state index contributed by atoms with van der Waals surface area (Å²) in [6.45, 7) is 0. The Labute approximate surface area is 164 Å². The monoisotopic (exact) mass is 401 g/mol. The van der Waals surface area contributed by atoms with E-state index in [1.165, 1.54) is 11.8 Å². The van der Waals surface area contributed by atoms with Gasteiger partial charge < -0.3 is 9.88 Å². The second kappa shape index (κ2) is 6.83. The Morgan fingerprint density at radius 2 is 1.88 bits per heavy atom. The number of rotatable bonds is 2. The van der Waals surface area contributed by atoms with Crippen LogP contribution in [0.3, 0.4) is 0 Å². The van der Waals surface area contributed by atoms with E-state index < -0.39 is 0 Å². The molecular formula is C19H13Cl2N3OS. The van der Waals surface area contributed by atoms with Gasteiger partial charge in [0.05, 0.1) is 10.6 Å². The SMILES string of the molecule is Cn1cc(C=C2SC(=Nc3cc(Cl)cc(Cl)c3)NC2=O)c2ccccc21. The predicted octanol–water partition coefficient (Wildman–Crippen LogP) is 5.38. The molecule has 0 radical (unpaired) electrons. The molecule has 0 spiro atoms. The molecule has 0 bridgehead atoms. The zero-order valence-corrected chi connectivity index (χ0v) is 16.0. The van der Waals surface area contributed by atoms with Crippen molar-refractivity contribution in [1.29, 1.82) is 0 Å². The maximum absolute atomic E-state index is 12.3. The first-order chi connectivity index (χ1) is 12.5. The second-order valence-electron chi connectivity index (χ2n) is 5.82. The van der Waals surface area contributed by atoms with Crippen LogP contribution in [-0.2, 0) is 11.8 Å². The highest BCUT2D eigenvalue weighted by Crippen LogP contribution is 2.32. The lowest BCUT2D eigenvalue weighted by molar-refractivity contribution is -0.115. The van der Waals surface area contributed by atoms with Crippen LogP contribution in [0, 0.1) is 0 Å². The van der Waals surface area contributed by atoms with Crippen molar-refractivity contribution in [3.8, 4) is 0 Å². The molecule has 2 heterocycles. The van der Waals surface area contributed by atoms with Crippen LogP contribution in [0.1, 0.15) is 5.56 Å². The molecule has 1 saturated heterocycles. The van der Waals surface area contributed by atoms with Gasteiger partial charge >= 0.3 is 0 Å². The van der Waals surface area contributed by atoms with Crippen molar-refractivity contribution >= 4 is 68.7 Å². The Kier molecular flexibility index (Phi) is 4.53. The van der Waals surface area contributed by atoms with Gasteiger partial charge in [0.25, 0.3) is 5.91 Å². The average Bonchev–Trinajstić information content (AvgIpc) is 3.08. The lowest BCUT2D eigenvalue weighted by Gasteiger charge is -1.98. The molecule has 130 valence electrons. The number of para-hydroxylation sites is 1. The van der Waals surface area contributed by atoms with E-state index in [0.29, 0.717) is 25.8 Å². The number of amides is 1. The Morgan fingerprint density at radius 3 is 2.65 bits per heavy atom. The van der Waals surface area contributed by atoms with Crippen LogP contribution in [0.25, 0.3) is 17.0 Å². The third-order valence-corrected chi connectivity index (χ3v) is 5.29. The minimum atomic E-state index is -0.171. The van der Waals surface area contributed by atoms with Gasteiger partial charge in [-0.1, -0.05) is 41.4 Å². The summed E-state index contributed by atoms with van der Waals surface area (Å²) in [7, 11) is 1.99. The van der Waals surface area contributed by atoms with E-state index in [1.54, 1.807) is 18.2 Å². The number of nitrogens with one attached hydrogen (secondary N) is 1. The summed E-state index contributed by atoms with van der Waals surface area (Å²) in [5, 5.41) is 5.37. The van der Waals surface area contributed by atoms with E-state index in [2.05, 4.69) is 16.4 Å². The fourth-order valence-electron chi connectivity index (χ4n) is 2.83. The molecule has 4 nitrogen and oxygen atoms in total. The average molecular weight is 402 g/mol. The number of aromatic nitrogens is 1. The minimum Gasteiger partial charge on any atom is -0.350 e. The molecule has 3 aromatic rings. The lowest BCUT2D eigenvalue weighted by Crippen LogP contribution is -2.19. The summed E-state index contributed by atoms with van der Waals surface area (Å²) in [5.74, 6) is -0.171. The predicted molar refractivity (Wildman–Crippen MR) is 110 cm³/mol. The van der Waals surface area contributed by atoms with E-state index in [1.807, 2.05) is 42.1 Å². The first kappa shape index (κ1) is 17.2. The molecule has 0 unspecified atom stereocenters. The number of halogens is 2. The normalized spacial score (nSPS) is 17.4. The Bertz CT molecular complexity index is 1080. The highest BCUT2D eigenvalue weighted by molar-refractivity contribution is 8.18. The standard InChI is InChI=1S/C19H13Cl2N3OS/c1-24-10-11(15-4-2-3-5-16(15)24)6-17-18(25)23-19(26-17)22-14-8-12(20)7-13(21)9-14/h2-10H,1H3,(H,22,23,25). The molecule has 4 rings (SSSR count). The van der Waals surface area contributed by atoms with E-state index >= 15 is 0 Å². The number of carbonyl (C=O) groups excluding carboxylic acids is 1. The van der Waals surface area contributed by atoms with Crippen LogP contribution < -0.4 is 5.32 Å². The topological polar surface area (TPSA) is 46.4 Å². The molecule has 1 amide bonds. The summed E-state index contributed by atoms with van der Waals surface area (Å²) in [4.78, 5) is 17.3. The van der Waals surface area contributed by atoms with Gasteiger partial charge in [0, 0.05) is 39.8 Å². The van der Waals surface area contributed by atoms with Gasteiger partial charge in [-0.25, -0.2) is 4.99 Å². The second-order valence-corrected chi connectivity index (χ2v) is 7.73. The van der Waals surface area contributed by atoms with Crippen molar-refractivity contribution in [2.75, 3.05) is 0 Å². The zero-order valence-electron chi connectivity index (χ0n) is 13.7. The molecule has 0 aliphatic carbocycles. The van der Waals surface area contributed by atoms with Crippen molar-refractivity contribution in [2.24, 2.45) is 12.0 Å². The highest BCUT2D eigenvalue weighted by Gasteiger charge is 2.24. The Hall–Kier alpha value is -2.21. The number of nitrogens with zero attached hydrogens (tertiary/aromatic N) is 2. The van der Waals surface area contributed by atoms with Crippen LogP contribution >= 0.6 is 35.0 Å². The van der Waals surface area contributed by atoms with E-state index in [-0.39, 0.29) is 5.91 Å².